The third-order valence-electron chi connectivity index (χ3n) is 5.91. The van der Waals surface area contributed by atoms with Crippen LogP contribution in [0.25, 0.3) is 0 Å². The van der Waals surface area contributed by atoms with Gasteiger partial charge in [-0.15, -0.1) is 0 Å². The number of benzene rings is 2. The highest BCUT2D eigenvalue weighted by Gasteiger charge is 2.37. The van der Waals surface area contributed by atoms with E-state index in [4.69, 9.17) is 0 Å². The number of fused-ring (bicyclic) bond motifs is 2. The van der Waals surface area contributed by atoms with Gasteiger partial charge in [0.2, 0.25) is 0 Å². The van der Waals surface area contributed by atoms with Crippen molar-refractivity contribution >= 4 is 22.9 Å². The monoisotopic (exact) mass is 350 g/mol. The zero-order chi connectivity index (χ0) is 19.3. The average Bonchev–Trinajstić information content (AvgIpc) is 2.65. The zero-order valence-electron chi connectivity index (χ0n) is 16.6. The second-order valence-corrected chi connectivity index (χ2v) is 6.97. The van der Waals surface area contributed by atoms with Crippen LogP contribution in [0.2, 0.25) is 0 Å². The van der Waals surface area contributed by atoms with Gasteiger partial charge in [0.1, 0.15) is 0 Å². The van der Waals surface area contributed by atoms with E-state index in [-0.39, 0.29) is 11.6 Å². The van der Waals surface area contributed by atoms with E-state index in [0.29, 0.717) is 22.3 Å². The number of aryl methyl sites for hydroxylation is 1. The van der Waals surface area contributed by atoms with Gasteiger partial charge in [0.15, 0.2) is 11.6 Å². The van der Waals surface area contributed by atoms with E-state index in [2.05, 4.69) is 10.6 Å². The molecule has 2 aromatic carbocycles. The van der Waals surface area contributed by atoms with Gasteiger partial charge in [0.05, 0.1) is 11.1 Å². The number of anilines is 2. The third kappa shape index (κ3) is 2.21. The highest BCUT2D eigenvalue weighted by Crippen LogP contribution is 2.42. The van der Waals surface area contributed by atoms with Crippen LogP contribution < -0.4 is 10.6 Å². The van der Waals surface area contributed by atoms with Crippen LogP contribution in [0, 0.1) is 27.7 Å². The number of carbonyl (C=O) groups excluding carboxylic acids is 2. The smallest absolute Gasteiger partial charge is 0.196 e. The van der Waals surface area contributed by atoms with E-state index < -0.39 is 0 Å². The summed E-state index contributed by atoms with van der Waals surface area (Å²) >= 11 is 0. The number of ketones is 2. The van der Waals surface area contributed by atoms with Crippen molar-refractivity contribution in [3.63, 3.8) is 0 Å². The first-order valence-electron chi connectivity index (χ1n) is 9.05. The average molecular weight is 350 g/mol. The van der Waals surface area contributed by atoms with Gasteiger partial charge in [-0.2, -0.15) is 0 Å². The summed E-state index contributed by atoms with van der Waals surface area (Å²) in [5, 5.41) is 6.29. The summed E-state index contributed by atoms with van der Waals surface area (Å²) in [5.41, 5.74) is 8.59. The van der Waals surface area contributed by atoms with E-state index >= 15 is 0 Å². The van der Waals surface area contributed by atoms with E-state index in [9.17, 15) is 9.59 Å². The van der Waals surface area contributed by atoms with Crippen molar-refractivity contribution < 1.29 is 9.59 Å². The van der Waals surface area contributed by atoms with Crippen LogP contribution in [0.4, 0.5) is 11.4 Å². The molecule has 0 aliphatic heterocycles. The molecule has 1 aliphatic rings. The van der Waals surface area contributed by atoms with Crippen molar-refractivity contribution in [3.05, 3.63) is 56.1 Å². The Kier molecular flexibility index (Phi) is 4.39. The normalized spacial score (nSPS) is 12.7. The molecule has 26 heavy (non-hydrogen) atoms. The number of nitrogens with one attached hydrogen (secondary N) is 2. The molecule has 0 unspecified atom stereocenters. The number of hydrogen-bond acceptors (Lipinski definition) is 4. The minimum Gasteiger partial charge on any atom is -0.387 e. The first kappa shape index (κ1) is 18.2. The summed E-state index contributed by atoms with van der Waals surface area (Å²) in [4.78, 5) is 27.1. The summed E-state index contributed by atoms with van der Waals surface area (Å²) in [7, 11) is 3.60. The molecule has 2 aromatic rings. The molecule has 1 aliphatic carbocycles. The summed E-state index contributed by atoms with van der Waals surface area (Å²) < 4.78 is 0. The van der Waals surface area contributed by atoms with Crippen molar-refractivity contribution in [3.8, 4) is 0 Å². The Balaban J connectivity index is 2.50. The molecular weight excluding hydrogens is 324 g/mol. The molecular formula is C22H26N2O2. The number of carbonyl (C=O) groups is 2. The Hall–Kier alpha value is -2.62. The second-order valence-electron chi connectivity index (χ2n) is 6.97. The van der Waals surface area contributed by atoms with Gasteiger partial charge in [-0.3, -0.25) is 9.59 Å². The molecule has 0 saturated heterocycles. The molecule has 0 radical (unpaired) electrons. The molecule has 0 atom stereocenters. The van der Waals surface area contributed by atoms with E-state index in [1.165, 1.54) is 0 Å². The van der Waals surface area contributed by atoms with Crippen molar-refractivity contribution in [1.82, 2.24) is 0 Å². The molecule has 0 amide bonds. The Morgan fingerprint density at radius 3 is 1.65 bits per heavy atom. The Labute approximate surface area is 155 Å². The van der Waals surface area contributed by atoms with E-state index in [0.717, 1.165) is 45.6 Å². The van der Waals surface area contributed by atoms with Gasteiger partial charge in [-0.05, 0) is 68.0 Å². The van der Waals surface area contributed by atoms with Crippen LogP contribution in [-0.4, -0.2) is 25.7 Å². The van der Waals surface area contributed by atoms with E-state index in [1.807, 2.05) is 40.7 Å². The lowest BCUT2D eigenvalue weighted by molar-refractivity contribution is 0.0979. The molecule has 4 heteroatoms. The molecule has 2 N–H and O–H groups in total. The highest BCUT2D eigenvalue weighted by atomic mass is 16.1. The van der Waals surface area contributed by atoms with Gasteiger partial charge >= 0.3 is 0 Å². The van der Waals surface area contributed by atoms with Gasteiger partial charge in [0, 0.05) is 36.6 Å². The van der Waals surface area contributed by atoms with Gasteiger partial charge in [0.25, 0.3) is 0 Å². The van der Waals surface area contributed by atoms with Crippen molar-refractivity contribution in [2.24, 2.45) is 0 Å². The van der Waals surface area contributed by atoms with Crippen LogP contribution in [0.1, 0.15) is 66.6 Å². The number of hydrogen-bond donors (Lipinski definition) is 2. The second kappa shape index (κ2) is 6.27. The van der Waals surface area contributed by atoms with Crippen LogP contribution in [-0.2, 0) is 6.42 Å². The highest BCUT2D eigenvalue weighted by molar-refractivity contribution is 6.33. The van der Waals surface area contributed by atoms with Crippen molar-refractivity contribution in [2.75, 3.05) is 24.7 Å². The fraction of sp³-hybridized carbons (Fsp3) is 0.364. The molecule has 136 valence electrons. The van der Waals surface area contributed by atoms with Crippen molar-refractivity contribution in [2.45, 2.75) is 41.0 Å². The van der Waals surface area contributed by atoms with Crippen molar-refractivity contribution in [1.29, 1.82) is 0 Å². The predicted octanol–water partition coefficient (Wildman–Crippen LogP) is 4.34. The van der Waals surface area contributed by atoms with Gasteiger partial charge in [-0.1, -0.05) is 6.92 Å². The zero-order valence-corrected chi connectivity index (χ0v) is 16.6. The summed E-state index contributed by atoms with van der Waals surface area (Å²) in [6, 6.07) is 1.98. The Morgan fingerprint density at radius 1 is 0.731 bits per heavy atom. The summed E-state index contributed by atoms with van der Waals surface area (Å²) in [6.45, 7) is 9.97. The molecule has 0 bridgehead atoms. The van der Waals surface area contributed by atoms with Crippen LogP contribution in [0.5, 0.6) is 0 Å². The lowest BCUT2D eigenvalue weighted by Gasteiger charge is -2.28. The van der Waals surface area contributed by atoms with Crippen LogP contribution in [0.3, 0.4) is 0 Å². The fourth-order valence-electron chi connectivity index (χ4n) is 4.09. The largest absolute Gasteiger partial charge is 0.387 e. The van der Waals surface area contributed by atoms with Gasteiger partial charge < -0.3 is 10.6 Å². The molecule has 3 rings (SSSR count). The topological polar surface area (TPSA) is 58.2 Å². The maximum atomic E-state index is 13.6. The summed E-state index contributed by atoms with van der Waals surface area (Å²) in [6.07, 6.45) is 0.775. The molecule has 0 heterocycles. The standard InChI is InChI=1S/C22H26N2O2/c1-8-14-9-15(23-6)18-19(20(14)24-7)22(26)17-13(5)11(3)10(2)12(4)16(17)21(18)25/h9,23-24H,8H2,1-7H3. The Bertz CT molecular complexity index is 971. The Morgan fingerprint density at radius 2 is 1.23 bits per heavy atom. The minimum atomic E-state index is -0.0678. The quantitative estimate of drug-likeness (QED) is 0.738. The lowest BCUT2D eigenvalue weighted by atomic mass is 9.75. The summed E-state index contributed by atoms with van der Waals surface area (Å²) in [5.74, 6) is -0.128. The van der Waals surface area contributed by atoms with Crippen LogP contribution in [0.15, 0.2) is 6.07 Å². The number of rotatable bonds is 3. The lowest BCUT2D eigenvalue weighted by Crippen LogP contribution is -2.27. The molecule has 0 aromatic heterocycles. The predicted molar refractivity (Wildman–Crippen MR) is 107 cm³/mol. The van der Waals surface area contributed by atoms with Crippen LogP contribution >= 0.6 is 0 Å². The first-order chi connectivity index (χ1) is 12.3. The molecule has 0 spiro atoms. The third-order valence-corrected chi connectivity index (χ3v) is 5.91. The SMILES string of the molecule is CCc1cc(NC)c2c(c1NC)C(=O)c1c(C)c(C)c(C)c(C)c1C2=O. The fourth-order valence-corrected chi connectivity index (χ4v) is 4.09. The molecule has 0 fully saturated rings. The molecule has 0 saturated carbocycles. The van der Waals surface area contributed by atoms with E-state index in [1.54, 1.807) is 14.1 Å². The first-order valence-corrected chi connectivity index (χ1v) is 9.05. The van der Waals surface area contributed by atoms with Gasteiger partial charge in [-0.25, -0.2) is 0 Å². The molecule has 4 nitrogen and oxygen atoms in total. The maximum Gasteiger partial charge on any atom is 0.196 e. The maximum absolute atomic E-state index is 13.6. The minimum absolute atomic E-state index is 0.0607.